The lowest BCUT2D eigenvalue weighted by molar-refractivity contribution is -0.162. The van der Waals surface area contributed by atoms with E-state index in [1.54, 1.807) is 6.08 Å². The van der Waals surface area contributed by atoms with Gasteiger partial charge in [0, 0.05) is 17.8 Å². The molecule has 164 valence electrons. The summed E-state index contributed by atoms with van der Waals surface area (Å²) in [4.78, 5) is 24.5. The van der Waals surface area contributed by atoms with E-state index in [0.29, 0.717) is 12.3 Å². The van der Waals surface area contributed by atoms with Gasteiger partial charge in [-0.25, -0.2) is 0 Å². The Bertz CT molecular complexity index is 855. The number of fused-ring (bicyclic) bond motifs is 4. The Kier molecular flexibility index (Phi) is 5.16. The molecular weight excluding hydrogens is 376 g/mol. The van der Waals surface area contributed by atoms with Crippen molar-refractivity contribution >= 4 is 11.8 Å². The average molecular weight is 413 g/mol. The quantitative estimate of drug-likeness (QED) is 0.668. The van der Waals surface area contributed by atoms with Crippen molar-refractivity contribution in [1.29, 1.82) is 0 Å². The predicted octanol–water partition coefficient (Wildman–Crippen LogP) is 4.92. The second kappa shape index (κ2) is 7.19. The fourth-order valence-corrected chi connectivity index (χ4v) is 6.65. The topological polar surface area (TPSA) is 63.6 Å². The van der Waals surface area contributed by atoms with Gasteiger partial charge in [-0.05, 0) is 88.4 Å². The number of rotatable bonds is 3. The number of esters is 1. The van der Waals surface area contributed by atoms with Gasteiger partial charge >= 0.3 is 5.97 Å². The van der Waals surface area contributed by atoms with E-state index < -0.39 is 5.41 Å². The Morgan fingerprint density at radius 2 is 1.97 bits per heavy atom. The van der Waals surface area contributed by atoms with Crippen LogP contribution in [-0.2, 0) is 14.3 Å². The third-order valence-electron chi connectivity index (χ3n) is 8.46. The maximum absolute atomic E-state index is 12.5. The molecule has 0 amide bonds. The third-order valence-corrected chi connectivity index (χ3v) is 8.46. The number of hydrogen-bond donors (Lipinski definition) is 1. The van der Waals surface area contributed by atoms with E-state index in [1.165, 1.54) is 11.1 Å². The van der Waals surface area contributed by atoms with Crippen molar-refractivity contribution in [2.45, 2.75) is 79.2 Å². The molecular formula is C26H36O4. The van der Waals surface area contributed by atoms with E-state index in [1.807, 2.05) is 20.8 Å². The molecule has 0 aromatic heterocycles. The largest absolute Gasteiger partial charge is 0.462 e. The first-order valence-corrected chi connectivity index (χ1v) is 11.5. The summed E-state index contributed by atoms with van der Waals surface area (Å²) >= 11 is 0. The minimum Gasteiger partial charge on any atom is -0.462 e. The van der Waals surface area contributed by atoms with Crippen LogP contribution < -0.4 is 0 Å². The maximum atomic E-state index is 12.5. The molecule has 0 aromatic rings. The van der Waals surface area contributed by atoms with E-state index >= 15 is 0 Å². The number of ether oxygens (including phenoxy) is 1. The number of hydrogen-bond acceptors (Lipinski definition) is 4. The van der Waals surface area contributed by atoms with Gasteiger partial charge in [0.1, 0.15) is 6.10 Å². The molecule has 4 aliphatic rings. The van der Waals surface area contributed by atoms with Crippen molar-refractivity contribution in [3.63, 3.8) is 0 Å². The fraction of sp³-hybridized carbons (Fsp3) is 0.692. The molecule has 0 radical (unpaired) electrons. The van der Waals surface area contributed by atoms with E-state index in [0.717, 1.165) is 37.7 Å². The summed E-state index contributed by atoms with van der Waals surface area (Å²) in [7, 11) is 0. The number of aliphatic hydroxyl groups is 1. The minimum atomic E-state index is -0.493. The molecule has 1 fully saturated rings. The maximum Gasteiger partial charge on any atom is 0.311 e. The second-order valence-corrected chi connectivity index (χ2v) is 11.2. The van der Waals surface area contributed by atoms with Gasteiger partial charge in [-0.15, -0.1) is 0 Å². The zero-order valence-electron chi connectivity index (χ0n) is 19.1. The first-order valence-electron chi connectivity index (χ1n) is 11.5. The van der Waals surface area contributed by atoms with Crippen LogP contribution in [0.15, 0.2) is 34.9 Å². The van der Waals surface area contributed by atoms with E-state index in [9.17, 15) is 14.7 Å². The summed E-state index contributed by atoms with van der Waals surface area (Å²) < 4.78 is 5.92. The highest BCUT2D eigenvalue weighted by Gasteiger charge is 2.55. The van der Waals surface area contributed by atoms with Gasteiger partial charge in [0.05, 0.1) is 12.0 Å². The summed E-state index contributed by atoms with van der Waals surface area (Å²) in [5.41, 5.74) is 3.10. The Hall–Kier alpha value is -1.68. The molecule has 5 atom stereocenters. The van der Waals surface area contributed by atoms with Gasteiger partial charge in [0.25, 0.3) is 0 Å². The molecule has 4 rings (SSSR count). The van der Waals surface area contributed by atoms with Crippen LogP contribution in [0.3, 0.4) is 0 Å². The summed E-state index contributed by atoms with van der Waals surface area (Å²) in [6.07, 6.45) is 11.3. The van der Waals surface area contributed by atoms with Gasteiger partial charge in [-0.2, -0.15) is 0 Å². The SMILES string of the molecule is CC(OC(=O)C(C)(C)C)[C@H]1CCC2=C3C=CC4=CC(=O)CC[C@]4(CO)[C@H]3CC[C@@]21C. The van der Waals surface area contributed by atoms with Gasteiger partial charge in [0.15, 0.2) is 5.78 Å². The van der Waals surface area contributed by atoms with E-state index in [-0.39, 0.29) is 41.2 Å². The molecule has 30 heavy (non-hydrogen) atoms. The summed E-state index contributed by atoms with van der Waals surface area (Å²) in [6, 6.07) is 0. The molecule has 0 bridgehead atoms. The molecule has 1 unspecified atom stereocenters. The van der Waals surface area contributed by atoms with Crippen molar-refractivity contribution in [3.05, 3.63) is 34.9 Å². The number of ketones is 1. The van der Waals surface area contributed by atoms with Crippen molar-refractivity contribution in [1.82, 2.24) is 0 Å². The highest BCUT2D eigenvalue weighted by atomic mass is 16.5. The summed E-state index contributed by atoms with van der Waals surface area (Å²) in [6.45, 7) is 10.2. The molecule has 4 nitrogen and oxygen atoms in total. The Morgan fingerprint density at radius 1 is 1.23 bits per heavy atom. The summed E-state index contributed by atoms with van der Waals surface area (Å²) in [5, 5.41) is 10.5. The van der Waals surface area contributed by atoms with Crippen LogP contribution >= 0.6 is 0 Å². The van der Waals surface area contributed by atoms with E-state index in [2.05, 4.69) is 26.0 Å². The highest BCUT2D eigenvalue weighted by molar-refractivity contribution is 5.92. The molecule has 1 saturated carbocycles. The molecule has 1 N–H and O–H groups in total. The lowest BCUT2D eigenvalue weighted by Crippen LogP contribution is -2.46. The Labute approximate surface area is 180 Å². The number of allylic oxidation sites excluding steroid dienone is 5. The van der Waals surface area contributed by atoms with Crippen molar-refractivity contribution in [2.75, 3.05) is 6.61 Å². The minimum absolute atomic E-state index is 0.0239. The van der Waals surface area contributed by atoms with Crippen LogP contribution in [0.25, 0.3) is 0 Å². The normalized spacial score (nSPS) is 36.6. The zero-order valence-corrected chi connectivity index (χ0v) is 19.1. The van der Waals surface area contributed by atoms with Crippen LogP contribution in [0.5, 0.6) is 0 Å². The summed E-state index contributed by atoms with van der Waals surface area (Å²) in [5.74, 6) is 0.634. The molecule has 0 saturated heterocycles. The first-order chi connectivity index (χ1) is 14.0. The lowest BCUT2D eigenvalue weighted by atomic mass is 9.53. The van der Waals surface area contributed by atoms with Crippen LogP contribution in [0.4, 0.5) is 0 Å². The molecule has 0 spiro atoms. The monoisotopic (exact) mass is 412 g/mol. The zero-order chi connectivity index (χ0) is 21.9. The smallest absolute Gasteiger partial charge is 0.311 e. The fourth-order valence-electron chi connectivity index (χ4n) is 6.65. The molecule has 0 aliphatic heterocycles. The third kappa shape index (κ3) is 3.14. The highest BCUT2D eigenvalue weighted by Crippen LogP contribution is 2.63. The van der Waals surface area contributed by atoms with Crippen LogP contribution in [0.1, 0.15) is 73.1 Å². The molecule has 0 aromatic carbocycles. The lowest BCUT2D eigenvalue weighted by Gasteiger charge is -2.51. The molecule has 4 heteroatoms. The number of carbonyl (C=O) groups is 2. The molecule has 0 heterocycles. The standard InChI is InChI=1S/C26H36O4/c1-16(30-23(29)24(2,3)4)20-8-9-21-19-7-6-17-14-18(28)10-13-26(17,15-27)22(19)11-12-25(20,21)5/h6-7,14,16,20,22,27H,8-13,15H2,1-5H3/t16?,20-,22+,25-,26-/m1/s1. The predicted molar refractivity (Wildman–Crippen MR) is 117 cm³/mol. The average Bonchev–Trinajstić information content (AvgIpc) is 3.04. The molecule has 4 aliphatic carbocycles. The first kappa shape index (κ1) is 21.5. The van der Waals surface area contributed by atoms with Gasteiger partial charge in [0.2, 0.25) is 0 Å². The van der Waals surface area contributed by atoms with Crippen LogP contribution in [0, 0.1) is 28.1 Å². The van der Waals surface area contributed by atoms with Crippen LogP contribution in [-0.4, -0.2) is 29.6 Å². The van der Waals surface area contributed by atoms with Gasteiger partial charge < -0.3 is 9.84 Å². The van der Waals surface area contributed by atoms with Gasteiger partial charge in [-0.1, -0.05) is 24.6 Å². The van der Waals surface area contributed by atoms with Crippen molar-refractivity contribution in [2.24, 2.45) is 28.1 Å². The Balaban J connectivity index is 1.68. The Morgan fingerprint density at radius 3 is 2.63 bits per heavy atom. The number of aliphatic hydroxyl groups excluding tert-OH is 1. The van der Waals surface area contributed by atoms with Crippen LogP contribution in [0.2, 0.25) is 0 Å². The number of carbonyl (C=O) groups excluding carboxylic acids is 2. The van der Waals surface area contributed by atoms with Crippen molar-refractivity contribution < 1.29 is 19.4 Å². The van der Waals surface area contributed by atoms with E-state index in [4.69, 9.17) is 4.74 Å². The second-order valence-electron chi connectivity index (χ2n) is 11.2. The van der Waals surface area contributed by atoms with Crippen molar-refractivity contribution in [3.8, 4) is 0 Å². The van der Waals surface area contributed by atoms with Gasteiger partial charge in [-0.3, -0.25) is 9.59 Å².